The van der Waals surface area contributed by atoms with E-state index in [1.807, 2.05) is 11.8 Å². The molecule has 2 rings (SSSR count). The molecule has 6 heteroatoms. The third-order valence-electron chi connectivity index (χ3n) is 3.08. The fraction of sp³-hybridized carbons (Fsp3) is 0.727. The predicted molar refractivity (Wildman–Crippen MR) is 68.4 cm³/mol. The summed E-state index contributed by atoms with van der Waals surface area (Å²) >= 11 is 1.33. The Hall–Kier alpha value is -1.17. The molecule has 5 nitrogen and oxygen atoms in total. The molecule has 2 heterocycles. The van der Waals surface area contributed by atoms with Gasteiger partial charge in [0.2, 0.25) is 10.1 Å². The van der Waals surface area contributed by atoms with Crippen LogP contribution < -0.4 is 5.32 Å². The number of rotatable bonds is 3. The second-order valence-electron chi connectivity index (χ2n) is 4.82. The van der Waals surface area contributed by atoms with Crippen molar-refractivity contribution in [1.29, 1.82) is 0 Å². The maximum atomic E-state index is 12.3. The van der Waals surface area contributed by atoms with Crippen LogP contribution in [0.1, 0.15) is 43.4 Å². The van der Waals surface area contributed by atoms with Crippen molar-refractivity contribution in [2.75, 3.05) is 18.4 Å². The van der Waals surface area contributed by atoms with E-state index in [2.05, 4.69) is 29.4 Å². The van der Waals surface area contributed by atoms with Gasteiger partial charge in [-0.3, -0.25) is 4.79 Å². The largest absolute Gasteiger partial charge is 0.360 e. The predicted octanol–water partition coefficient (Wildman–Crippen LogP) is 1.98. The molecule has 0 saturated carbocycles. The molecule has 1 fully saturated rings. The van der Waals surface area contributed by atoms with E-state index in [0.29, 0.717) is 10.1 Å². The number of carbonyl (C=O) groups excluding carboxylic acids is 1. The van der Waals surface area contributed by atoms with Gasteiger partial charge in [0.25, 0.3) is 5.91 Å². The molecular weight excluding hydrogens is 236 g/mol. The minimum atomic E-state index is -0.0545. The maximum Gasteiger partial charge on any atom is 0.285 e. The van der Waals surface area contributed by atoms with Crippen LogP contribution in [0.3, 0.4) is 0 Å². The van der Waals surface area contributed by atoms with Crippen LogP contribution in [0.4, 0.5) is 5.13 Å². The normalized spacial score (nSPS) is 18.4. The first kappa shape index (κ1) is 12.3. The highest BCUT2D eigenvalue weighted by Gasteiger charge is 2.37. The van der Waals surface area contributed by atoms with Crippen LogP contribution in [-0.4, -0.2) is 39.6 Å². The first-order valence-electron chi connectivity index (χ1n) is 5.94. The smallest absolute Gasteiger partial charge is 0.285 e. The summed E-state index contributed by atoms with van der Waals surface area (Å²) in [7, 11) is 0. The second-order valence-corrected chi connectivity index (χ2v) is 5.79. The Kier molecular flexibility index (Phi) is 3.33. The average Bonchev–Trinajstić information content (AvgIpc) is 2.84. The van der Waals surface area contributed by atoms with Crippen LogP contribution in [0.15, 0.2) is 0 Å². The molecule has 1 aliphatic heterocycles. The zero-order chi connectivity index (χ0) is 12.5. The zero-order valence-corrected chi connectivity index (χ0v) is 11.3. The van der Waals surface area contributed by atoms with Crippen LogP contribution in [-0.2, 0) is 0 Å². The Labute approximate surface area is 105 Å². The van der Waals surface area contributed by atoms with Gasteiger partial charge in [0.05, 0.1) is 0 Å². The lowest BCUT2D eigenvalue weighted by Crippen LogP contribution is -2.42. The molecule has 0 atom stereocenters. The molecule has 1 aromatic rings. The Balaban J connectivity index is 2.13. The third kappa shape index (κ3) is 2.41. The van der Waals surface area contributed by atoms with Gasteiger partial charge in [-0.05, 0) is 33.6 Å². The minimum Gasteiger partial charge on any atom is -0.360 e. The number of hydrogen-bond acceptors (Lipinski definition) is 5. The fourth-order valence-electron chi connectivity index (χ4n) is 2.13. The summed E-state index contributed by atoms with van der Waals surface area (Å²) in [6.45, 7) is 7.81. The first-order chi connectivity index (χ1) is 8.04. The van der Waals surface area contributed by atoms with E-state index in [0.717, 1.165) is 25.9 Å². The number of carbonyl (C=O) groups is 1. The molecule has 17 heavy (non-hydrogen) atoms. The van der Waals surface area contributed by atoms with E-state index in [9.17, 15) is 4.79 Å². The molecular formula is C11H18N4OS. The number of anilines is 1. The Morgan fingerprint density at radius 3 is 2.88 bits per heavy atom. The lowest BCUT2D eigenvalue weighted by atomic mass is 10.0. The van der Waals surface area contributed by atoms with E-state index >= 15 is 0 Å². The summed E-state index contributed by atoms with van der Waals surface area (Å²) in [6, 6.07) is 0. The van der Waals surface area contributed by atoms with Gasteiger partial charge in [-0.2, -0.15) is 0 Å². The third-order valence-corrected chi connectivity index (χ3v) is 3.95. The standard InChI is InChI=1S/C11H18N4OS/c1-4-12-10-14-13-8(17-10)9(16)15-7-5-6-11(15,2)3/h4-7H2,1-3H3,(H,12,14). The van der Waals surface area contributed by atoms with Gasteiger partial charge in [0.1, 0.15) is 0 Å². The Morgan fingerprint density at radius 2 is 2.29 bits per heavy atom. The van der Waals surface area contributed by atoms with Crippen molar-refractivity contribution in [3.05, 3.63) is 5.01 Å². The van der Waals surface area contributed by atoms with Crippen molar-refractivity contribution in [3.8, 4) is 0 Å². The number of aromatic nitrogens is 2. The van der Waals surface area contributed by atoms with Gasteiger partial charge in [-0.15, -0.1) is 10.2 Å². The summed E-state index contributed by atoms with van der Waals surface area (Å²) in [5, 5.41) is 12.2. The van der Waals surface area contributed by atoms with Crippen LogP contribution in [0.25, 0.3) is 0 Å². The van der Waals surface area contributed by atoms with E-state index in [4.69, 9.17) is 0 Å². The maximum absolute atomic E-state index is 12.3. The summed E-state index contributed by atoms with van der Waals surface area (Å²) in [5.74, 6) is 0.00848. The lowest BCUT2D eigenvalue weighted by Gasteiger charge is -2.30. The quantitative estimate of drug-likeness (QED) is 0.896. The van der Waals surface area contributed by atoms with Gasteiger partial charge in [-0.1, -0.05) is 11.3 Å². The van der Waals surface area contributed by atoms with Gasteiger partial charge in [-0.25, -0.2) is 0 Å². The van der Waals surface area contributed by atoms with Crippen molar-refractivity contribution in [3.63, 3.8) is 0 Å². The summed E-state index contributed by atoms with van der Waals surface area (Å²) in [4.78, 5) is 14.2. The Morgan fingerprint density at radius 1 is 1.53 bits per heavy atom. The molecule has 0 aliphatic carbocycles. The SMILES string of the molecule is CCNc1nnc(C(=O)N2CCCC2(C)C)s1. The molecule has 1 saturated heterocycles. The monoisotopic (exact) mass is 254 g/mol. The van der Waals surface area contributed by atoms with E-state index < -0.39 is 0 Å². The molecule has 0 spiro atoms. The van der Waals surface area contributed by atoms with Gasteiger partial charge in [0, 0.05) is 18.6 Å². The summed E-state index contributed by atoms with van der Waals surface area (Å²) in [6.07, 6.45) is 2.12. The highest BCUT2D eigenvalue weighted by molar-refractivity contribution is 7.17. The molecule has 1 aromatic heterocycles. The number of nitrogens with zero attached hydrogens (tertiary/aromatic N) is 3. The van der Waals surface area contributed by atoms with E-state index in [1.165, 1.54) is 11.3 Å². The van der Waals surface area contributed by atoms with Crippen molar-refractivity contribution < 1.29 is 4.79 Å². The minimum absolute atomic E-state index is 0.00848. The molecule has 1 amide bonds. The highest BCUT2D eigenvalue weighted by Crippen LogP contribution is 2.30. The topological polar surface area (TPSA) is 58.1 Å². The number of amides is 1. The molecule has 1 aliphatic rings. The van der Waals surface area contributed by atoms with Gasteiger partial charge in [0.15, 0.2) is 0 Å². The zero-order valence-electron chi connectivity index (χ0n) is 10.5. The molecule has 0 radical (unpaired) electrons. The van der Waals surface area contributed by atoms with Crippen molar-refractivity contribution in [1.82, 2.24) is 15.1 Å². The molecule has 0 aromatic carbocycles. The van der Waals surface area contributed by atoms with Gasteiger partial charge >= 0.3 is 0 Å². The molecule has 0 unspecified atom stereocenters. The molecule has 1 N–H and O–H groups in total. The van der Waals surface area contributed by atoms with Gasteiger partial charge < -0.3 is 10.2 Å². The Bertz CT molecular complexity index is 415. The van der Waals surface area contributed by atoms with Crippen molar-refractivity contribution >= 4 is 22.4 Å². The number of nitrogens with one attached hydrogen (secondary N) is 1. The van der Waals surface area contributed by atoms with Crippen LogP contribution >= 0.6 is 11.3 Å². The van der Waals surface area contributed by atoms with Crippen LogP contribution in [0.5, 0.6) is 0 Å². The summed E-state index contributed by atoms with van der Waals surface area (Å²) < 4.78 is 0. The first-order valence-corrected chi connectivity index (χ1v) is 6.75. The number of hydrogen-bond donors (Lipinski definition) is 1. The van der Waals surface area contributed by atoms with Crippen molar-refractivity contribution in [2.24, 2.45) is 0 Å². The summed E-state index contributed by atoms with van der Waals surface area (Å²) in [5.41, 5.74) is -0.0545. The average molecular weight is 254 g/mol. The lowest BCUT2D eigenvalue weighted by molar-refractivity contribution is 0.0650. The van der Waals surface area contributed by atoms with Crippen LogP contribution in [0, 0.1) is 0 Å². The number of likely N-dealkylation sites (tertiary alicyclic amines) is 1. The fourth-order valence-corrected chi connectivity index (χ4v) is 2.89. The van der Waals surface area contributed by atoms with Crippen LogP contribution in [0.2, 0.25) is 0 Å². The highest BCUT2D eigenvalue weighted by atomic mass is 32.1. The second kappa shape index (κ2) is 4.60. The van der Waals surface area contributed by atoms with Crippen molar-refractivity contribution in [2.45, 2.75) is 39.2 Å². The molecule has 94 valence electrons. The molecule has 0 bridgehead atoms. The van der Waals surface area contributed by atoms with E-state index in [-0.39, 0.29) is 11.4 Å². The van der Waals surface area contributed by atoms with E-state index in [1.54, 1.807) is 0 Å².